The van der Waals surface area contributed by atoms with Gasteiger partial charge >= 0.3 is 0 Å². The van der Waals surface area contributed by atoms with Gasteiger partial charge in [-0.1, -0.05) is 18.2 Å². The van der Waals surface area contributed by atoms with E-state index in [-0.39, 0.29) is 24.9 Å². The van der Waals surface area contributed by atoms with Crippen LogP contribution in [0.25, 0.3) is 0 Å². The van der Waals surface area contributed by atoms with Crippen molar-refractivity contribution in [3.05, 3.63) is 41.5 Å². The lowest BCUT2D eigenvalue weighted by molar-refractivity contribution is -0.130. The lowest BCUT2D eigenvalue weighted by atomic mass is 9.95. The number of amides is 1. The van der Waals surface area contributed by atoms with E-state index in [0.717, 1.165) is 75.1 Å². The maximum Gasteiger partial charge on any atom is 0.259 e. The number of nitrogens with zero attached hydrogens (tertiary/aromatic N) is 5. The quantitative estimate of drug-likeness (QED) is 0.745. The number of aromatic nitrogens is 3. The molecule has 0 unspecified atom stereocenters. The molecular weight excluding hydrogens is 404 g/mol. The zero-order chi connectivity index (χ0) is 20.2. The van der Waals surface area contributed by atoms with Gasteiger partial charge in [0.2, 0.25) is 0 Å². The predicted molar refractivity (Wildman–Crippen MR) is 117 cm³/mol. The third-order valence-corrected chi connectivity index (χ3v) is 5.82. The largest absolute Gasteiger partial charge is 0.483 e. The number of rotatable bonds is 6. The number of carbonyl (C=O) groups excluding carboxylic acids is 1. The predicted octanol–water partition coefficient (Wildman–Crippen LogP) is 1.65. The van der Waals surface area contributed by atoms with E-state index in [1.807, 2.05) is 18.2 Å². The Morgan fingerprint density at radius 3 is 2.73 bits per heavy atom. The summed E-state index contributed by atoms with van der Waals surface area (Å²) in [5.41, 5.74) is 1.13. The summed E-state index contributed by atoms with van der Waals surface area (Å²) < 4.78 is 8.11. The number of benzene rings is 1. The van der Waals surface area contributed by atoms with E-state index < -0.39 is 0 Å². The fourth-order valence-corrected chi connectivity index (χ4v) is 4.05. The Bertz CT molecular complexity index is 848. The number of ether oxygens (including phenoxy) is 1. The van der Waals surface area contributed by atoms with Crippen molar-refractivity contribution < 1.29 is 9.53 Å². The van der Waals surface area contributed by atoms with E-state index in [2.05, 4.69) is 31.0 Å². The Hall–Kier alpha value is -2.16. The Labute approximate surface area is 184 Å². The minimum atomic E-state index is -0.0348. The summed E-state index contributed by atoms with van der Waals surface area (Å²) in [6, 6.07) is 8.01. The lowest BCUT2D eigenvalue weighted by Gasteiger charge is -2.32. The molecule has 1 aromatic carbocycles. The van der Waals surface area contributed by atoms with E-state index in [4.69, 9.17) is 4.74 Å². The molecule has 2 aromatic rings. The van der Waals surface area contributed by atoms with Crippen molar-refractivity contribution in [2.24, 2.45) is 0 Å². The third-order valence-electron chi connectivity index (χ3n) is 5.82. The highest BCUT2D eigenvalue weighted by molar-refractivity contribution is 5.85. The van der Waals surface area contributed by atoms with Crippen LogP contribution in [0.5, 0.6) is 5.75 Å². The molecule has 0 aliphatic carbocycles. The van der Waals surface area contributed by atoms with Crippen molar-refractivity contribution >= 4 is 18.3 Å². The highest BCUT2D eigenvalue weighted by Gasteiger charge is 2.27. The number of hydrogen-bond donors (Lipinski definition) is 1. The maximum atomic E-state index is 11.8. The molecule has 3 heterocycles. The molecule has 0 radical (unpaired) electrons. The second-order valence-electron chi connectivity index (χ2n) is 8.04. The average Bonchev–Trinajstić information content (AvgIpc) is 3.17. The lowest BCUT2D eigenvalue weighted by Crippen LogP contribution is -2.35. The van der Waals surface area contributed by atoms with Gasteiger partial charge in [-0.15, -0.1) is 22.6 Å². The second-order valence-corrected chi connectivity index (χ2v) is 8.04. The van der Waals surface area contributed by atoms with Crippen LogP contribution in [0.1, 0.15) is 36.0 Å². The van der Waals surface area contributed by atoms with Crippen LogP contribution >= 0.6 is 12.4 Å². The van der Waals surface area contributed by atoms with E-state index >= 15 is 0 Å². The molecule has 8 nitrogen and oxygen atoms in total. The molecule has 2 aliphatic heterocycles. The molecule has 9 heteroatoms. The second kappa shape index (κ2) is 10.2. The molecule has 2 aliphatic rings. The summed E-state index contributed by atoms with van der Waals surface area (Å²) >= 11 is 0. The Morgan fingerprint density at radius 2 is 1.97 bits per heavy atom. The zero-order valence-corrected chi connectivity index (χ0v) is 18.5. The van der Waals surface area contributed by atoms with E-state index in [1.165, 1.54) is 0 Å². The highest BCUT2D eigenvalue weighted by Crippen LogP contribution is 2.29. The first-order valence-corrected chi connectivity index (χ1v) is 10.4. The molecule has 1 N–H and O–H groups in total. The van der Waals surface area contributed by atoms with Crippen LogP contribution in [0.4, 0.5) is 0 Å². The van der Waals surface area contributed by atoms with Crippen molar-refractivity contribution in [1.82, 2.24) is 29.9 Å². The van der Waals surface area contributed by atoms with Crippen molar-refractivity contribution in [1.29, 1.82) is 0 Å². The van der Waals surface area contributed by atoms with Crippen LogP contribution in [-0.4, -0.2) is 70.8 Å². The van der Waals surface area contributed by atoms with Gasteiger partial charge in [0, 0.05) is 45.2 Å². The molecule has 164 valence electrons. The number of nitrogens with one attached hydrogen (secondary N) is 1. The van der Waals surface area contributed by atoms with Crippen molar-refractivity contribution in [2.45, 2.75) is 38.4 Å². The van der Waals surface area contributed by atoms with Gasteiger partial charge in [-0.2, -0.15) is 0 Å². The molecule has 1 saturated heterocycles. The molecule has 1 aromatic heterocycles. The summed E-state index contributed by atoms with van der Waals surface area (Å²) in [5.74, 6) is 3.46. The van der Waals surface area contributed by atoms with Gasteiger partial charge in [0.05, 0.1) is 6.54 Å². The summed E-state index contributed by atoms with van der Waals surface area (Å²) in [6.07, 6.45) is 2.18. The highest BCUT2D eigenvalue weighted by atomic mass is 35.5. The maximum absolute atomic E-state index is 11.8. The number of likely N-dealkylation sites (tertiary alicyclic amines) is 1. The summed E-state index contributed by atoms with van der Waals surface area (Å²) in [6.45, 7) is 5.73. The standard InChI is InChI=1S/C21H30N6O2.ClH/c1-25(2)20(28)15-29-18-6-4-3-5-17(18)14-26-10-7-16(8-11-26)21-24-23-19-13-22-9-12-27(19)21;/h3-6,16,22H,7-15H2,1-2H3;1H. The first-order chi connectivity index (χ1) is 14.1. The van der Waals surface area contributed by atoms with Gasteiger partial charge < -0.3 is 19.5 Å². The molecule has 1 amide bonds. The number of halogens is 1. The smallest absolute Gasteiger partial charge is 0.259 e. The normalized spacial score (nSPS) is 17.1. The van der Waals surface area contributed by atoms with Crippen molar-refractivity contribution in [3.8, 4) is 5.75 Å². The molecule has 0 atom stereocenters. The van der Waals surface area contributed by atoms with Crippen LogP contribution in [-0.2, 0) is 24.4 Å². The molecular formula is C21H31ClN6O2. The van der Waals surface area contributed by atoms with Gasteiger partial charge in [-0.05, 0) is 32.0 Å². The summed E-state index contributed by atoms with van der Waals surface area (Å²) in [4.78, 5) is 15.8. The molecule has 4 rings (SSSR count). The van der Waals surface area contributed by atoms with Crippen molar-refractivity contribution in [3.63, 3.8) is 0 Å². The topological polar surface area (TPSA) is 75.5 Å². The summed E-state index contributed by atoms with van der Waals surface area (Å²) in [5, 5.41) is 12.2. The van der Waals surface area contributed by atoms with E-state index in [0.29, 0.717) is 5.92 Å². The molecule has 0 bridgehead atoms. The SMILES string of the molecule is CN(C)C(=O)COc1ccccc1CN1CCC(c2nnc3n2CCNC3)CC1.Cl. The third kappa shape index (κ3) is 5.11. The number of carbonyl (C=O) groups is 1. The molecule has 0 saturated carbocycles. The van der Waals surface area contributed by atoms with Crippen LogP contribution in [0.3, 0.4) is 0 Å². The number of likely N-dealkylation sites (N-methyl/N-ethyl adjacent to an activating group) is 1. The average molecular weight is 435 g/mol. The van der Waals surface area contributed by atoms with Crippen LogP contribution in [0.15, 0.2) is 24.3 Å². The minimum Gasteiger partial charge on any atom is -0.483 e. The zero-order valence-electron chi connectivity index (χ0n) is 17.7. The molecule has 0 spiro atoms. The van der Waals surface area contributed by atoms with Gasteiger partial charge in [0.1, 0.15) is 17.4 Å². The Kier molecular flexibility index (Phi) is 7.69. The fourth-order valence-electron chi connectivity index (χ4n) is 4.05. The van der Waals surface area contributed by atoms with Gasteiger partial charge in [0.25, 0.3) is 5.91 Å². The first kappa shape index (κ1) is 22.5. The number of fused-ring (bicyclic) bond motifs is 1. The Morgan fingerprint density at radius 1 is 1.20 bits per heavy atom. The number of para-hydroxylation sites is 1. The fraction of sp³-hybridized carbons (Fsp3) is 0.571. The number of piperidine rings is 1. The monoisotopic (exact) mass is 434 g/mol. The van der Waals surface area contributed by atoms with Gasteiger partial charge in [-0.3, -0.25) is 9.69 Å². The van der Waals surface area contributed by atoms with E-state index in [1.54, 1.807) is 19.0 Å². The first-order valence-electron chi connectivity index (χ1n) is 10.4. The number of hydrogen-bond acceptors (Lipinski definition) is 6. The molecule has 30 heavy (non-hydrogen) atoms. The summed E-state index contributed by atoms with van der Waals surface area (Å²) in [7, 11) is 3.48. The van der Waals surface area contributed by atoms with Crippen molar-refractivity contribution in [2.75, 3.05) is 40.3 Å². The Balaban J connectivity index is 0.00000256. The molecule has 1 fully saturated rings. The van der Waals surface area contributed by atoms with Gasteiger partial charge in [0.15, 0.2) is 6.61 Å². The van der Waals surface area contributed by atoms with Crippen LogP contribution < -0.4 is 10.1 Å². The van der Waals surface area contributed by atoms with Crippen LogP contribution in [0.2, 0.25) is 0 Å². The minimum absolute atomic E-state index is 0. The van der Waals surface area contributed by atoms with Gasteiger partial charge in [-0.25, -0.2) is 0 Å². The van der Waals surface area contributed by atoms with E-state index in [9.17, 15) is 4.79 Å². The van der Waals surface area contributed by atoms with Crippen LogP contribution in [0, 0.1) is 0 Å².